The van der Waals surface area contributed by atoms with Crippen molar-refractivity contribution in [3.05, 3.63) is 53.9 Å². The maximum atomic E-state index is 13.4. The second-order valence-electron chi connectivity index (χ2n) is 7.49. The van der Waals surface area contributed by atoms with Crippen LogP contribution >= 0.6 is 0 Å². The zero-order valence-corrected chi connectivity index (χ0v) is 16.1. The molecule has 1 aliphatic heterocycles. The Balaban J connectivity index is 1.49. The lowest BCUT2D eigenvalue weighted by atomic mass is 9.84. The van der Waals surface area contributed by atoms with E-state index >= 15 is 0 Å². The second kappa shape index (κ2) is 7.12. The fourth-order valence-corrected chi connectivity index (χ4v) is 3.97. The van der Waals surface area contributed by atoms with E-state index in [1.54, 1.807) is 17.0 Å². The Morgan fingerprint density at radius 2 is 2.10 bits per heavy atom. The van der Waals surface area contributed by atoms with Crippen LogP contribution < -0.4 is 0 Å². The third-order valence-corrected chi connectivity index (χ3v) is 5.63. The van der Waals surface area contributed by atoms with Crippen molar-refractivity contribution in [3.63, 3.8) is 0 Å². The van der Waals surface area contributed by atoms with Gasteiger partial charge in [0.1, 0.15) is 17.5 Å². The van der Waals surface area contributed by atoms with Gasteiger partial charge in [0, 0.05) is 19.0 Å². The Bertz CT molecular complexity index is 1200. The van der Waals surface area contributed by atoms with E-state index in [1.807, 2.05) is 19.1 Å². The molecular formula is C20H18F2N6O2. The summed E-state index contributed by atoms with van der Waals surface area (Å²) in [5.41, 5.74) is 1.38. The van der Waals surface area contributed by atoms with Gasteiger partial charge < -0.3 is 9.32 Å². The van der Waals surface area contributed by atoms with E-state index in [1.165, 1.54) is 16.9 Å². The fourth-order valence-electron chi connectivity index (χ4n) is 3.97. The van der Waals surface area contributed by atoms with Crippen LogP contribution in [0.15, 0.2) is 41.1 Å². The van der Waals surface area contributed by atoms with Crippen molar-refractivity contribution >= 4 is 22.8 Å². The predicted molar refractivity (Wildman–Crippen MR) is 102 cm³/mol. The Morgan fingerprint density at radius 1 is 1.27 bits per heavy atom. The molecule has 1 aliphatic rings. The number of benzene rings is 1. The van der Waals surface area contributed by atoms with Gasteiger partial charge >= 0.3 is 5.91 Å². The van der Waals surface area contributed by atoms with Crippen LogP contribution in [0.3, 0.4) is 0 Å². The summed E-state index contributed by atoms with van der Waals surface area (Å²) in [6.07, 6.45) is -0.726. The van der Waals surface area contributed by atoms with Gasteiger partial charge in [-0.1, -0.05) is 19.1 Å². The lowest BCUT2D eigenvalue weighted by Crippen LogP contribution is -2.42. The predicted octanol–water partition coefficient (Wildman–Crippen LogP) is 3.47. The monoisotopic (exact) mass is 412 g/mol. The van der Waals surface area contributed by atoms with E-state index in [-0.39, 0.29) is 35.1 Å². The number of piperidine rings is 1. The molecule has 0 spiro atoms. The molecule has 30 heavy (non-hydrogen) atoms. The molecule has 4 aromatic rings. The van der Waals surface area contributed by atoms with Crippen molar-refractivity contribution in [3.8, 4) is 0 Å². The average molecular weight is 412 g/mol. The summed E-state index contributed by atoms with van der Waals surface area (Å²) in [7, 11) is 0. The SMILES string of the molecule is CC1CCN(C(=O)c2nc3ccccc3o2)C[C@H]1c1cc(C(F)F)nc2ncnn12. The Hall–Kier alpha value is -3.43. The zero-order valence-electron chi connectivity index (χ0n) is 16.1. The van der Waals surface area contributed by atoms with E-state index in [4.69, 9.17) is 4.42 Å². The molecular weight excluding hydrogens is 394 g/mol. The third-order valence-electron chi connectivity index (χ3n) is 5.63. The first kappa shape index (κ1) is 18.6. The van der Waals surface area contributed by atoms with Crippen molar-refractivity contribution < 1.29 is 18.0 Å². The molecule has 5 rings (SSSR count). The molecule has 0 bridgehead atoms. The first-order chi connectivity index (χ1) is 14.5. The van der Waals surface area contributed by atoms with Crippen LogP contribution in [-0.2, 0) is 0 Å². The smallest absolute Gasteiger partial charge is 0.309 e. The first-order valence-corrected chi connectivity index (χ1v) is 9.65. The van der Waals surface area contributed by atoms with Crippen LogP contribution in [0.1, 0.15) is 47.8 Å². The number of aromatic nitrogens is 5. The van der Waals surface area contributed by atoms with Gasteiger partial charge in [-0.3, -0.25) is 4.79 Å². The highest BCUT2D eigenvalue weighted by atomic mass is 19.3. The topological polar surface area (TPSA) is 89.4 Å². The van der Waals surface area contributed by atoms with Crippen molar-refractivity contribution in [2.24, 2.45) is 5.92 Å². The van der Waals surface area contributed by atoms with Crippen LogP contribution in [0.4, 0.5) is 8.78 Å². The summed E-state index contributed by atoms with van der Waals surface area (Å²) in [4.78, 5) is 26.8. The highest BCUT2D eigenvalue weighted by Crippen LogP contribution is 2.34. The number of carbonyl (C=O) groups excluding carboxylic acids is 1. The number of alkyl halides is 2. The van der Waals surface area contributed by atoms with E-state index in [0.717, 1.165) is 0 Å². The summed E-state index contributed by atoms with van der Waals surface area (Å²) in [6.45, 7) is 2.90. The number of amides is 1. The van der Waals surface area contributed by atoms with E-state index in [0.29, 0.717) is 36.3 Å². The summed E-state index contributed by atoms with van der Waals surface area (Å²) in [6, 6.07) is 8.53. The maximum Gasteiger partial charge on any atom is 0.309 e. The molecule has 8 nitrogen and oxygen atoms in total. The highest BCUT2D eigenvalue weighted by Gasteiger charge is 2.34. The molecule has 2 atom stereocenters. The fraction of sp³-hybridized carbons (Fsp3) is 0.350. The summed E-state index contributed by atoms with van der Waals surface area (Å²) < 4.78 is 33.8. The van der Waals surface area contributed by atoms with Gasteiger partial charge in [-0.25, -0.2) is 23.3 Å². The minimum absolute atomic E-state index is 0.0263. The number of halogens is 2. The Kier molecular flexibility index (Phi) is 4.41. The van der Waals surface area contributed by atoms with Crippen LogP contribution in [-0.4, -0.2) is 48.5 Å². The van der Waals surface area contributed by atoms with Crippen LogP contribution in [0.2, 0.25) is 0 Å². The number of oxazole rings is 1. The average Bonchev–Trinajstić information content (AvgIpc) is 3.39. The molecule has 1 saturated heterocycles. The minimum Gasteiger partial charge on any atom is -0.432 e. The normalized spacial score (nSPS) is 19.8. The molecule has 3 aromatic heterocycles. The number of para-hydroxylation sites is 2. The van der Waals surface area contributed by atoms with Crippen LogP contribution in [0, 0.1) is 5.92 Å². The number of nitrogens with zero attached hydrogens (tertiary/aromatic N) is 6. The quantitative estimate of drug-likeness (QED) is 0.512. The number of likely N-dealkylation sites (tertiary alicyclic amines) is 1. The van der Waals surface area contributed by atoms with Gasteiger partial charge in [-0.2, -0.15) is 10.1 Å². The molecule has 154 valence electrons. The van der Waals surface area contributed by atoms with Gasteiger partial charge in [-0.15, -0.1) is 0 Å². The van der Waals surface area contributed by atoms with Gasteiger partial charge in [0.15, 0.2) is 5.58 Å². The van der Waals surface area contributed by atoms with Crippen molar-refractivity contribution in [1.29, 1.82) is 0 Å². The molecule has 1 amide bonds. The van der Waals surface area contributed by atoms with Crippen molar-refractivity contribution in [2.45, 2.75) is 25.7 Å². The Labute approximate surface area is 169 Å². The van der Waals surface area contributed by atoms with Crippen LogP contribution in [0.25, 0.3) is 16.9 Å². The first-order valence-electron chi connectivity index (χ1n) is 9.65. The third kappa shape index (κ3) is 3.08. The van der Waals surface area contributed by atoms with Crippen LogP contribution in [0.5, 0.6) is 0 Å². The molecule has 0 radical (unpaired) electrons. The number of fused-ring (bicyclic) bond motifs is 2. The van der Waals surface area contributed by atoms with E-state index in [2.05, 4.69) is 20.1 Å². The molecule has 10 heteroatoms. The minimum atomic E-state index is -2.72. The van der Waals surface area contributed by atoms with Crippen molar-refractivity contribution in [2.75, 3.05) is 13.1 Å². The second-order valence-corrected chi connectivity index (χ2v) is 7.49. The molecule has 0 N–H and O–H groups in total. The van der Waals surface area contributed by atoms with E-state index in [9.17, 15) is 13.6 Å². The molecule has 0 aliphatic carbocycles. The number of carbonyl (C=O) groups is 1. The van der Waals surface area contributed by atoms with E-state index < -0.39 is 6.43 Å². The molecule has 0 saturated carbocycles. The standard InChI is InChI=1S/C20H18F2N6O2/c1-11-6-7-27(19(29)18-25-13-4-2-3-5-16(13)30-18)9-12(11)15-8-14(17(21)22)26-20-23-10-24-28(15)20/h2-5,8,10-12,17H,6-7,9H2,1H3/t11?,12-/m1/s1. The molecule has 4 heterocycles. The van der Waals surface area contributed by atoms with Gasteiger partial charge in [-0.05, 0) is 30.5 Å². The number of hydrogen-bond donors (Lipinski definition) is 0. The lowest BCUT2D eigenvalue weighted by Gasteiger charge is -2.36. The summed E-state index contributed by atoms with van der Waals surface area (Å²) in [5, 5.41) is 4.15. The molecule has 1 unspecified atom stereocenters. The van der Waals surface area contributed by atoms with Gasteiger partial charge in [0.2, 0.25) is 0 Å². The zero-order chi connectivity index (χ0) is 20.8. The molecule has 1 aromatic carbocycles. The Morgan fingerprint density at radius 3 is 2.90 bits per heavy atom. The number of hydrogen-bond acceptors (Lipinski definition) is 6. The lowest BCUT2D eigenvalue weighted by molar-refractivity contribution is 0.0628. The largest absolute Gasteiger partial charge is 0.432 e. The highest BCUT2D eigenvalue weighted by molar-refractivity contribution is 5.92. The summed E-state index contributed by atoms with van der Waals surface area (Å²) in [5.74, 6) is -0.230. The maximum absolute atomic E-state index is 13.4. The molecule has 1 fully saturated rings. The van der Waals surface area contributed by atoms with Gasteiger partial charge in [0.25, 0.3) is 18.1 Å². The van der Waals surface area contributed by atoms with Crippen molar-refractivity contribution in [1.82, 2.24) is 29.5 Å². The van der Waals surface area contributed by atoms with Gasteiger partial charge in [0.05, 0.1) is 5.69 Å². The summed E-state index contributed by atoms with van der Waals surface area (Å²) >= 11 is 0. The number of rotatable bonds is 3.